The largest absolute Gasteiger partial charge is 0.323 e. The Labute approximate surface area is 110 Å². The van der Waals surface area contributed by atoms with Gasteiger partial charge in [-0.3, -0.25) is 20.3 Å². The van der Waals surface area contributed by atoms with E-state index in [9.17, 15) is 4.79 Å². The number of amides is 1. The quantitative estimate of drug-likeness (QED) is 0.570. The lowest BCUT2D eigenvalue weighted by Gasteiger charge is -2.07. The van der Waals surface area contributed by atoms with E-state index in [0.717, 1.165) is 0 Å². The van der Waals surface area contributed by atoms with Crippen molar-refractivity contribution in [1.82, 2.24) is 14.8 Å². The normalized spacial score (nSPS) is 10.5. The van der Waals surface area contributed by atoms with Gasteiger partial charge in [-0.2, -0.15) is 5.10 Å². The Hall–Kier alpha value is -2.41. The topological polar surface area (TPSA) is 97.9 Å². The van der Waals surface area contributed by atoms with E-state index >= 15 is 0 Å². The smallest absolute Gasteiger partial charge is 0.259 e. The Morgan fingerprint density at radius 2 is 2.21 bits per heavy atom. The summed E-state index contributed by atoms with van der Waals surface area (Å²) in [7, 11) is 0. The Bertz CT molecular complexity index is 577. The first kappa shape index (κ1) is 13.0. The second-order valence-electron chi connectivity index (χ2n) is 4.32. The molecule has 4 N–H and O–H groups in total. The van der Waals surface area contributed by atoms with Gasteiger partial charge in [-0.25, -0.2) is 0 Å². The molecule has 0 spiro atoms. The summed E-state index contributed by atoms with van der Waals surface area (Å²) in [6, 6.07) is 1.87. The molecule has 2 heterocycles. The maximum Gasteiger partial charge on any atom is 0.259 e. The second kappa shape index (κ2) is 5.49. The van der Waals surface area contributed by atoms with E-state index in [1.165, 1.54) is 6.20 Å². The van der Waals surface area contributed by atoms with Crippen LogP contribution in [-0.4, -0.2) is 20.7 Å². The molecule has 7 nitrogen and oxygen atoms in total. The monoisotopic (exact) mass is 260 g/mol. The molecule has 2 rings (SSSR count). The first-order chi connectivity index (χ1) is 9.11. The third kappa shape index (κ3) is 2.89. The van der Waals surface area contributed by atoms with Gasteiger partial charge in [-0.1, -0.05) is 0 Å². The van der Waals surface area contributed by atoms with Gasteiger partial charge in [0.2, 0.25) is 0 Å². The lowest BCUT2D eigenvalue weighted by Crippen LogP contribution is -2.17. The maximum absolute atomic E-state index is 12.1. The van der Waals surface area contributed by atoms with Crippen molar-refractivity contribution < 1.29 is 4.79 Å². The standard InChI is InChI=1S/C12H16N6O/c1-8(2)18-7-9(5-15-18)16-12(19)10-6-14-4-3-11(10)17-13/h3-8H,13H2,1-2H3,(H,14,17)(H,16,19). The van der Waals surface area contributed by atoms with Crippen molar-refractivity contribution in [3.63, 3.8) is 0 Å². The lowest BCUT2D eigenvalue weighted by atomic mass is 10.2. The number of carbonyl (C=O) groups excluding carboxylic acids is 1. The number of carbonyl (C=O) groups is 1. The zero-order valence-corrected chi connectivity index (χ0v) is 10.8. The Morgan fingerprint density at radius 1 is 1.42 bits per heavy atom. The van der Waals surface area contributed by atoms with Crippen LogP contribution < -0.4 is 16.6 Å². The highest BCUT2D eigenvalue weighted by atomic mass is 16.1. The predicted molar refractivity (Wildman–Crippen MR) is 72.6 cm³/mol. The van der Waals surface area contributed by atoms with Crippen molar-refractivity contribution in [2.45, 2.75) is 19.9 Å². The highest BCUT2D eigenvalue weighted by Gasteiger charge is 2.12. The average molecular weight is 260 g/mol. The highest BCUT2D eigenvalue weighted by molar-refractivity contribution is 6.07. The van der Waals surface area contributed by atoms with Gasteiger partial charge in [0.05, 0.1) is 23.1 Å². The van der Waals surface area contributed by atoms with Crippen LogP contribution in [0.3, 0.4) is 0 Å². The minimum atomic E-state index is -0.288. The number of nitrogens with one attached hydrogen (secondary N) is 2. The lowest BCUT2D eigenvalue weighted by molar-refractivity contribution is 0.102. The van der Waals surface area contributed by atoms with Gasteiger partial charge in [0.15, 0.2) is 0 Å². The minimum absolute atomic E-state index is 0.241. The SMILES string of the molecule is CC(C)n1cc(NC(=O)c2cnccc2NN)cn1. The van der Waals surface area contributed by atoms with E-state index < -0.39 is 0 Å². The number of nitrogens with zero attached hydrogens (tertiary/aromatic N) is 3. The van der Waals surface area contributed by atoms with E-state index in [2.05, 4.69) is 20.8 Å². The zero-order chi connectivity index (χ0) is 13.8. The third-order valence-electron chi connectivity index (χ3n) is 2.61. The number of hydrogen-bond acceptors (Lipinski definition) is 5. The molecule has 0 aliphatic rings. The van der Waals surface area contributed by atoms with Crippen LogP contribution in [0.15, 0.2) is 30.9 Å². The van der Waals surface area contributed by atoms with Crippen molar-refractivity contribution >= 4 is 17.3 Å². The van der Waals surface area contributed by atoms with Crippen LogP contribution >= 0.6 is 0 Å². The van der Waals surface area contributed by atoms with Crippen LogP contribution in [0.5, 0.6) is 0 Å². The van der Waals surface area contributed by atoms with Crippen molar-refractivity contribution in [3.8, 4) is 0 Å². The molecule has 19 heavy (non-hydrogen) atoms. The number of pyridine rings is 1. The second-order valence-corrected chi connectivity index (χ2v) is 4.32. The summed E-state index contributed by atoms with van der Waals surface area (Å²) in [5.74, 6) is 5.06. The van der Waals surface area contributed by atoms with Gasteiger partial charge in [0, 0.05) is 24.6 Å². The third-order valence-corrected chi connectivity index (χ3v) is 2.61. The summed E-state index contributed by atoms with van der Waals surface area (Å²) in [6.45, 7) is 4.02. The molecule has 0 fully saturated rings. The maximum atomic E-state index is 12.1. The number of nitrogens with two attached hydrogens (primary N) is 1. The van der Waals surface area contributed by atoms with Crippen LogP contribution in [0.25, 0.3) is 0 Å². The van der Waals surface area contributed by atoms with E-state index in [4.69, 9.17) is 5.84 Å². The molecular formula is C12H16N6O. The van der Waals surface area contributed by atoms with Gasteiger partial charge >= 0.3 is 0 Å². The van der Waals surface area contributed by atoms with Gasteiger partial charge in [-0.15, -0.1) is 0 Å². The highest BCUT2D eigenvalue weighted by Crippen LogP contribution is 2.15. The summed E-state index contributed by atoms with van der Waals surface area (Å²) >= 11 is 0. The molecule has 100 valence electrons. The van der Waals surface area contributed by atoms with Gasteiger partial charge in [-0.05, 0) is 19.9 Å². The fraction of sp³-hybridized carbons (Fsp3) is 0.250. The summed E-state index contributed by atoms with van der Waals surface area (Å²) in [5.41, 5.74) is 3.99. The van der Waals surface area contributed by atoms with Crippen LogP contribution in [0.1, 0.15) is 30.2 Å². The minimum Gasteiger partial charge on any atom is -0.323 e. The van der Waals surface area contributed by atoms with Gasteiger partial charge in [0.25, 0.3) is 5.91 Å². The summed E-state index contributed by atoms with van der Waals surface area (Å²) in [4.78, 5) is 16.0. The molecule has 0 aromatic carbocycles. The Morgan fingerprint density at radius 3 is 2.84 bits per heavy atom. The Balaban J connectivity index is 2.16. The predicted octanol–water partition coefficient (Wildman–Crippen LogP) is 1.40. The van der Waals surface area contributed by atoms with Gasteiger partial charge in [0.1, 0.15) is 0 Å². The van der Waals surface area contributed by atoms with E-state index in [-0.39, 0.29) is 11.9 Å². The average Bonchev–Trinajstić information content (AvgIpc) is 2.87. The number of nitrogen functional groups attached to an aromatic ring is 1. The molecule has 1 amide bonds. The number of aromatic nitrogens is 3. The van der Waals surface area contributed by atoms with Gasteiger partial charge < -0.3 is 10.7 Å². The van der Waals surface area contributed by atoms with E-state index in [0.29, 0.717) is 16.9 Å². The number of rotatable bonds is 4. The van der Waals surface area contributed by atoms with Crippen molar-refractivity contribution in [1.29, 1.82) is 0 Å². The summed E-state index contributed by atoms with van der Waals surface area (Å²) < 4.78 is 1.76. The van der Waals surface area contributed by atoms with Crippen molar-refractivity contribution in [2.24, 2.45) is 5.84 Å². The summed E-state index contributed by atoms with van der Waals surface area (Å²) in [6.07, 6.45) is 6.39. The van der Waals surface area contributed by atoms with Crippen LogP contribution in [0.2, 0.25) is 0 Å². The van der Waals surface area contributed by atoms with E-state index in [1.807, 2.05) is 13.8 Å². The molecular weight excluding hydrogens is 244 g/mol. The fourth-order valence-electron chi connectivity index (χ4n) is 1.58. The molecule has 0 atom stereocenters. The molecule has 7 heteroatoms. The first-order valence-electron chi connectivity index (χ1n) is 5.88. The zero-order valence-electron chi connectivity index (χ0n) is 10.8. The molecule has 0 aliphatic heterocycles. The molecule has 2 aromatic rings. The Kier molecular flexibility index (Phi) is 3.76. The van der Waals surface area contributed by atoms with E-state index in [1.54, 1.807) is 29.3 Å². The van der Waals surface area contributed by atoms with Crippen molar-refractivity contribution in [2.75, 3.05) is 10.7 Å². The van der Waals surface area contributed by atoms with Crippen molar-refractivity contribution in [3.05, 3.63) is 36.4 Å². The molecule has 0 unspecified atom stereocenters. The number of hydrazine groups is 1. The van der Waals surface area contributed by atoms with Crippen LogP contribution in [0, 0.1) is 0 Å². The molecule has 0 bridgehead atoms. The molecule has 0 saturated heterocycles. The first-order valence-corrected chi connectivity index (χ1v) is 5.88. The van der Waals surface area contributed by atoms with Crippen LogP contribution in [0.4, 0.5) is 11.4 Å². The van der Waals surface area contributed by atoms with Crippen LogP contribution in [-0.2, 0) is 0 Å². The number of hydrogen-bond donors (Lipinski definition) is 3. The molecule has 2 aromatic heterocycles. The fourth-order valence-corrected chi connectivity index (χ4v) is 1.58. The molecule has 0 radical (unpaired) electrons. The molecule has 0 saturated carbocycles. The number of anilines is 2. The molecule has 0 aliphatic carbocycles. The summed E-state index contributed by atoms with van der Waals surface area (Å²) in [5, 5.41) is 6.90.